The van der Waals surface area contributed by atoms with E-state index in [9.17, 15) is 14.3 Å². The summed E-state index contributed by atoms with van der Waals surface area (Å²) in [5.41, 5.74) is 5.99. The Balaban J connectivity index is 2.52. The highest BCUT2D eigenvalue weighted by Crippen LogP contribution is 2.34. The van der Waals surface area contributed by atoms with E-state index in [0.29, 0.717) is 15.7 Å². The van der Waals surface area contributed by atoms with Crippen molar-refractivity contribution < 1.29 is 14.3 Å². The molecule has 0 saturated carbocycles. The van der Waals surface area contributed by atoms with Crippen LogP contribution in [0.5, 0.6) is 0 Å². The van der Waals surface area contributed by atoms with Gasteiger partial charge in [0.05, 0.1) is 22.1 Å². The third kappa shape index (κ3) is 3.04. The number of carboxylic acid groups (broad SMARTS) is 1. The predicted octanol–water partition coefficient (Wildman–Crippen LogP) is 4.46. The zero-order valence-corrected chi connectivity index (χ0v) is 12.4. The number of carbonyl (C=O) groups is 1. The minimum Gasteiger partial charge on any atom is -0.478 e. The lowest BCUT2D eigenvalue weighted by atomic mass is 10.1. The molecule has 21 heavy (non-hydrogen) atoms. The molecule has 0 aliphatic carbocycles. The largest absolute Gasteiger partial charge is 0.478 e. The summed E-state index contributed by atoms with van der Waals surface area (Å²) in [4.78, 5) is 11.2. The zero-order chi connectivity index (χ0) is 15.7. The maximum absolute atomic E-state index is 13.4. The highest BCUT2D eigenvalue weighted by atomic mass is 35.5. The Morgan fingerprint density at radius 2 is 1.90 bits per heavy atom. The van der Waals surface area contributed by atoms with Gasteiger partial charge in [0.25, 0.3) is 0 Å². The molecule has 2 aromatic carbocycles. The van der Waals surface area contributed by atoms with E-state index < -0.39 is 17.5 Å². The van der Waals surface area contributed by atoms with Gasteiger partial charge in [0.2, 0.25) is 0 Å². The topological polar surface area (TPSA) is 75.3 Å². The first-order valence-electron chi connectivity index (χ1n) is 5.85. The summed E-state index contributed by atoms with van der Waals surface area (Å²) in [6.07, 6.45) is 0. The molecule has 0 spiro atoms. The molecule has 2 rings (SSSR count). The molecule has 0 heterocycles. The quantitative estimate of drug-likeness (QED) is 0.727. The van der Waals surface area contributed by atoms with Crippen molar-refractivity contribution in [1.82, 2.24) is 0 Å². The molecule has 0 fully saturated rings. The molecule has 7 heteroatoms. The summed E-state index contributed by atoms with van der Waals surface area (Å²) in [5.74, 6) is -2.14. The molecule has 0 aromatic heterocycles. The van der Waals surface area contributed by atoms with Crippen LogP contribution >= 0.6 is 23.2 Å². The number of benzene rings is 2. The summed E-state index contributed by atoms with van der Waals surface area (Å²) in [6.45, 7) is 1.79. The molecule has 0 bridgehead atoms. The maximum Gasteiger partial charge on any atom is 0.340 e. The lowest BCUT2D eigenvalue weighted by Crippen LogP contribution is -2.09. The Morgan fingerprint density at radius 1 is 1.24 bits per heavy atom. The molecule has 0 amide bonds. The molecule has 0 atom stereocenters. The number of hydrogen-bond acceptors (Lipinski definition) is 3. The summed E-state index contributed by atoms with van der Waals surface area (Å²) >= 11 is 12.1. The molecule has 4 nitrogen and oxygen atoms in total. The van der Waals surface area contributed by atoms with Crippen molar-refractivity contribution >= 4 is 46.2 Å². The van der Waals surface area contributed by atoms with Crippen LogP contribution in [0.1, 0.15) is 15.9 Å². The fraction of sp³-hybridized carbons (Fsp3) is 0.0714. The summed E-state index contributed by atoms with van der Waals surface area (Å²) in [5, 5.41) is 12.8. The number of aryl methyl sites for hydroxylation is 1. The molecule has 4 N–H and O–H groups in total. The van der Waals surface area contributed by atoms with Gasteiger partial charge in [0, 0.05) is 5.02 Å². The number of aromatic carboxylic acids is 1. The van der Waals surface area contributed by atoms with Gasteiger partial charge in [-0.3, -0.25) is 0 Å². The fourth-order valence-corrected chi connectivity index (χ4v) is 2.24. The Morgan fingerprint density at radius 3 is 2.52 bits per heavy atom. The van der Waals surface area contributed by atoms with Crippen LogP contribution in [0.3, 0.4) is 0 Å². The van der Waals surface area contributed by atoms with Gasteiger partial charge in [-0.05, 0) is 36.8 Å². The van der Waals surface area contributed by atoms with Crippen molar-refractivity contribution in [3.63, 3.8) is 0 Å². The van der Waals surface area contributed by atoms with E-state index in [1.165, 1.54) is 6.07 Å². The van der Waals surface area contributed by atoms with Gasteiger partial charge in [-0.25, -0.2) is 9.18 Å². The van der Waals surface area contributed by atoms with Gasteiger partial charge in [-0.15, -0.1) is 0 Å². The number of nitrogens with two attached hydrogens (primary N) is 1. The number of rotatable bonds is 3. The van der Waals surface area contributed by atoms with Crippen LogP contribution in [-0.4, -0.2) is 11.1 Å². The van der Waals surface area contributed by atoms with Crippen molar-refractivity contribution in [2.24, 2.45) is 0 Å². The molecule has 0 radical (unpaired) electrons. The average molecular weight is 329 g/mol. The van der Waals surface area contributed by atoms with E-state index >= 15 is 0 Å². The van der Waals surface area contributed by atoms with Crippen LogP contribution in [0.2, 0.25) is 10.0 Å². The summed E-state index contributed by atoms with van der Waals surface area (Å²) in [6, 6.07) is 5.55. The normalized spacial score (nSPS) is 10.5. The Bertz CT molecular complexity index is 735. The maximum atomic E-state index is 13.4. The van der Waals surface area contributed by atoms with Gasteiger partial charge >= 0.3 is 5.97 Å². The van der Waals surface area contributed by atoms with Gasteiger partial charge in [0.1, 0.15) is 11.4 Å². The molecular weight excluding hydrogens is 318 g/mol. The minimum absolute atomic E-state index is 0.128. The second-order valence-corrected chi connectivity index (χ2v) is 5.21. The first kappa shape index (κ1) is 15.4. The number of nitrogens with one attached hydrogen (secondary N) is 1. The van der Waals surface area contributed by atoms with Gasteiger partial charge in [-0.2, -0.15) is 0 Å². The lowest BCUT2D eigenvalue weighted by molar-refractivity contribution is 0.0698. The Hall–Kier alpha value is -1.98. The number of anilines is 3. The third-order valence-corrected chi connectivity index (χ3v) is 3.64. The number of halogens is 3. The van der Waals surface area contributed by atoms with Gasteiger partial charge < -0.3 is 16.2 Å². The van der Waals surface area contributed by atoms with Crippen LogP contribution < -0.4 is 11.1 Å². The fourth-order valence-electron chi connectivity index (χ4n) is 1.82. The van der Waals surface area contributed by atoms with Crippen LogP contribution in [0, 0.1) is 12.7 Å². The van der Waals surface area contributed by atoms with Crippen LogP contribution in [-0.2, 0) is 0 Å². The van der Waals surface area contributed by atoms with E-state index in [-0.39, 0.29) is 11.3 Å². The Labute approximate surface area is 130 Å². The monoisotopic (exact) mass is 328 g/mol. The summed E-state index contributed by atoms with van der Waals surface area (Å²) < 4.78 is 13.4. The number of nitrogen functional groups attached to an aromatic ring is 1. The minimum atomic E-state index is -1.34. The van der Waals surface area contributed by atoms with Crippen molar-refractivity contribution in [3.8, 4) is 0 Å². The number of hydrogen-bond donors (Lipinski definition) is 3. The van der Waals surface area contributed by atoms with Gasteiger partial charge in [-0.1, -0.05) is 23.2 Å². The predicted molar refractivity (Wildman–Crippen MR) is 82.3 cm³/mol. The average Bonchev–Trinajstić information content (AvgIpc) is 2.40. The van der Waals surface area contributed by atoms with Crippen molar-refractivity contribution in [2.45, 2.75) is 6.92 Å². The van der Waals surface area contributed by atoms with Crippen LogP contribution in [0.15, 0.2) is 24.3 Å². The molecule has 0 unspecified atom stereocenters. The molecule has 110 valence electrons. The van der Waals surface area contributed by atoms with E-state index in [2.05, 4.69) is 5.32 Å². The standard InChI is InChI=1S/C14H11Cl2FN2O2/c1-6-4-8(16)11(5-7(6)15)19-10-3-2-9(17)13(18)12(10)14(20)21/h2-5,19H,18H2,1H3,(H,20,21). The molecule has 2 aromatic rings. The smallest absolute Gasteiger partial charge is 0.340 e. The first-order valence-corrected chi connectivity index (χ1v) is 6.60. The van der Waals surface area contributed by atoms with Crippen molar-refractivity contribution in [1.29, 1.82) is 0 Å². The third-order valence-electron chi connectivity index (χ3n) is 2.92. The SMILES string of the molecule is Cc1cc(Cl)c(Nc2ccc(F)c(N)c2C(=O)O)cc1Cl. The second kappa shape index (κ2) is 5.79. The van der Waals surface area contributed by atoms with E-state index in [4.69, 9.17) is 28.9 Å². The van der Waals surface area contributed by atoms with Crippen LogP contribution in [0.4, 0.5) is 21.5 Å². The van der Waals surface area contributed by atoms with E-state index in [1.54, 1.807) is 19.1 Å². The zero-order valence-electron chi connectivity index (χ0n) is 10.9. The van der Waals surface area contributed by atoms with Crippen molar-refractivity contribution in [2.75, 3.05) is 11.1 Å². The van der Waals surface area contributed by atoms with Crippen molar-refractivity contribution in [3.05, 3.63) is 51.3 Å². The molecular formula is C14H11Cl2FN2O2. The first-order chi connectivity index (χ1) is 9.81. The number of carboxylic acids is 1. The van der Waals surface area contributed by atoms with Gasteiger partial charge in [0.15, 0.2) is 0 Å². The second-order valence-electron chi connectivity index (χ2n) is 4.40. The molecule has 0 aliphatic heterocycles. The Kier molecular flexibility index (Phi) is 4.25. The van der Waals surface area contributed by atoms with E-state index in [1.807, 2.05) is 0 Å². The highest BCUT2D eigenvalue weighted by Gasteiger charge is 2.18. The van der Waals surface area contributed by atoms with E-state index in [0.717, 1.165) is 11.6 Å². The molecule has 0 saturated heterocycles. The van der Waals surface area contributed by atoms with Crippen LogP contribution in [0.25, 0.3) is 0 Å². The highest BCUT2D eigenvalue weighted by molar-refractivity contribution is 6.36. The summed E-state index contributed by atoms with van der Waals surface area (Å²) in [7, 11) is 0. The molecule has 0 aliphatic rings. The lowest BCUT2D eigenvalue weighted by Gasteiger charge is -2.14.